The Bertz CT molecular complexity index is 487. The van der Waals surface area contributed by atoms with E-state index in [0.717, 1.165) is 18.7 Å². The molecule has 3 rings (SSSR count). The summed E-state index contributed by atoms with van der Waals surface area (Å²) in [6.45, 7) is 0.815. The molecule has 0 atom stereocenters. The summed E-state index contributed by atoms with van der Waals surface area (Å²) in [6, 6.07) is 10.3. The van der Waals surface area contributed by atoms with E-state index in [1.54, 1.807) is 0 Å². The van der Waals surface area contributed by atoms with Crippen molar-refractivity contribution in [2.45, 2.75) is 32.2 Å². The van der Waals surface area contributed by atoms with Gasteiger partial charge in [-0.3, -0.25) is 5.10 Å². The van der Waals surface area contributed by atoms with Gasteiger partial charge in [0.15, 0.2) is 0 Å². The SMILES string of the molecule is c1ccc(NCc2n[nH]c3c2CCCC3)cc1. The van der Waals surface area contributed by atoms with Crippen LogP contribution >= 0.6 is 0 Å². The maximum atomic E-state index is 4.43. The van der Waals surface area contributed by atoms with E-state index in [2.05, 4.69) is 27.6 Å². The van der Waals surface area contributed by atoms with Gasteiger partial charge in [0.05, 0.1) is 12.2 Å². The molecule has 0 saturated heterocycles. The molecule has 0 bridgehead atoms. The van der Waals surface area contributed by atoms with Crippen LogP contribution < -0.4 is 5.32 Å². The highest BCUT2D eigenvalue weighted by Crippen LogP contribution is 2.22. The zero-order valence-corrected chi connectivity index (χ0v) is 9.87. The van der Waals surface area contributed by atoms with Gasteiger partial charge in [0.25, 0.3) is 0 Å². The molecule has 88 valence electrons. The summed E-state index contributed by atoms with van der Waals surface area (Å²) in [7, 11) is 0. The maximum Gasteiger partial charge on any atom is 0.0847 e. The summed E-state index contributed by atoms with van der Waals surface area (Å²) in [5.74, 6) is 0. The van der Waals surface area contributed by atoms with Gasteiger partial charge in [0.2, 0.25) is 0 Å². The van der Waals surface area contributed by atoms with Crippen molar-refractivity contribution in [2.75, 3.05) is 5.32 Å². The second-order valence-electron chi connectivity index (χ2n) is 4.55. The maximum absolute atomic E-state index is 4.43. The van der Waals surface area contributed by atoms with Crippen LogP contribution in [0.5, 0.6) is 0 Å². The molecule has 0 unspecified atom stereocenters. The number of nitrogens with one attached hydrogen (secondary N) is 2. The fourth-order valence-electron chi connectivity index (χ4n) is 2.44. The van der Waals surface area contributed by atoms with Crippen molar-refractivity contribution in [3.05, 3.63) is 47.3 Å². The van der Waals surface area contributed by atoms with Crippen LogP contribution in [0.15, 0.2) is 30.3 Å². The molecule has 1 aliphatic rings. The molecule has 0 fully saturated rings. The van der Waals surface area contributed by atoms with Crippen molar-refractivity contribution >= 4 is 5.69 Å². The lowest BCUT2D eigenvalue weighted by Gasteiger charge is -2.11. The van der Waals surface area contributed by atoms with Gasteiger partial charge >= 0.3 is 0 Å². The van der Waals surface area contributed by atoms with Crippen LogP contribution in [0.3, 0.4) is 0 Å². The second kappa shape index (κ2) is 4.62. The highest BCUT2D eigenvalue weighted by Gasteiger charge is 2.16. The second-order valence-corrected chi connectivity index (χ2v) is 4.55. The third kappa shape index (κ3) is 2.18. The number of hydrogen-bond donors (Lipinski definition) is 2. The Balaban J connectivity index is 1.71. The fourth-order valence-corrected chi connectivity index (χ4v) is 2.44. The molecule has 17 heavy (non-hydrogen) atoms. The summed E-state index contributed by atoms with van der Waals surface area (Å²) in [6.07, 6.45) is 4.93. The van der Waals surface area contributed by atoms with Crippen molar-refractivity contribution < 1.29 is 0 Å². The lowest BCUT2D eigenvalue weighted by molar-refractivity contribution is 0.672. The monoisotopic (exact) mass is 227 g/mol. The van der Waals surface area contributed by atoms with Crippen LogP contribution in [0.25, 0.3) is 0 Å². The predicted octanol–water partition coefficient (Wildman–Crippen LogP) is 2.90. The first-order chi connectivity index (χ1) is 8.43. The molecule has 2 aromatic rings. The molecule has 2 N–H and O–H groups in total. The Hall–Kier alpha value is -1.77. The zero-order chi connectivity index (χ0) is 11.5. The number of aromatic amines is 1. The van der Waals surface area contributed by atoms with Crippen LogP contribution in [0, 0.1) is 0 Å². The van der Waals surface area contributed by atoms with Gasteiger partial charge < -0.3 is 5.32 Å². The molecule has 0 spiro atoms. The quantitative estimate of drug-likeness (QED) is 0.846. The van der Waals surface area contributed by atoms with Gasteiger partial charge in [-0.15, -0.1) is 0 Å². The lowest BCUT2D eigenvalue weighted by atomic mass is 9.96. The van der Waals surface area contributed by atoms with Crippen LogP contribution in [0.1, 0.15) is 29.8 Å². The lowest BCUT2D eigenvalue weighted by Crippen LogP contribution is -2.06. The van der Waals surface area contributed by atoms with Gasteiger partial charge in [0.1, 0.15) is 0 Å². The van der Waals surface area contributed by atoms with E-state index >= 15 is 0 Å². The number of anilines is 1. The van der Waals surface area contributed by atoms with Gasteiger partial charge in [-0.25, -0.2) is 0 Å². The number of aromatic nitrogens is 2. The predicted molar refractivity (Wildman–Crippen MR) is 69.0 cm³/mol. The number of rotatable bonds is 3. The Morgan fingerprint density at radius 1 is 1.12 bits per heavy atom. The summed E-state index contributed by atoms with van der Waals surface area (Å²) in [5, 5.41) is 11.0. The third-order valence-corrected chi connectivity index (χ3v) is 3.38. The molecule has 1 heterocycles. The van der Waals surface area contributed by atoms with Crippen molar-refractivity contribution in [1.29, 1.82) is 0 Å². The first-order valence-corrected chi connectivity index (χ1v) is 6.27. The Morgan fingerprint density at radius 2 is 1.94 bits per heavy atom. The standard InChI is InChI=1S/C14H17N3/c1-2-6-11(7-3-1)15-10-14-12-8-4-5-9-13(12)16-17-14/h1-3,6-7,15H,4-5,8-10H2,(H,16,17). The van der Waals surface area contributed by atoms with Crippen molar-refractivity contribution in [1.82, 2.24) is 10.2 Å². The van der Waals surface area contributed by atoms with E-state index in [1.807, 2.05) is 18.2 Å². The Morgan fingerprint density at radius 3 is 2.82 bits per heavy atom. The highest BCUT2D eigenvalue weighted by atomic mass is 15.1. The van der Waals surface area contributed by atoms with Crippen molar-refractivity contribution in [2.24, 2.45) is 0 Å². The van der Waals surface area contributed by atoms with E-state index in [9.17, 15) is 0 Å². The van der Waals surface area contributed by atoms with Gasteiger partial charge in [-0.2, -0.15) is 5.10 Å². The number of H-pyrrole nitrogens is 1. The fraction of sp³-hybridized carbons (Fsp3) is 0.357. The number of benzene rings is 1. The van der Waals surface area contributed by atoms with E-state index in [-0.39, 0.29) is 0 Å². The minimum atomic E-state index is 0.815. The van der Waals surface area contributed by atoms with E-state index in [4.69, 9.17) is 0 Å². The largest absolute Gasteiger partial charge is 0.379 e. The number of aryl methyl sites for hydroxylation is 1. The van der Waals surface area contributed by atoms with Crippen LogP contribution in [-0.4, -0.2) is 10.2 Å². The molecule has 3 nitrogen and oxygen atoms in total. The number of fused-ring (bicyclic) bond motifs is 1. The first kappa shape index (κ1) is 10.4. The zero-order valence-electron chi connectivity index (χ0n) is 9.87. The average molecular weight is 227 g/mol. The van der Waals surface area contributed by atoms with Gasteiger partial charge in [-0.1, -0.05) is 18.2 Å². The molecule has 1 aromatic carbocycles. The summed E-state index contributed by atoms with van der Waals surface area (Å²) in [4.78, 5) is 0. The van der Waals surface area contributed by atoms with E-state index in [0.29, 0.717) is 0 Å². The molecule has 0 amide bonds. The molecule has 1 aliphatic carbocycles. The van der Waals surface area contributed by atoms with E-state index in [1.165, 1.54) is 36.2 Å². The molecule has 0 radical (unpaired) electrons. The average Bonchev–Trinajstić information content (AvgIpc) is 2.81. The normalized spacial score (nSPS) is 14.4. The number of nitrogens with zero attached hydrogens (tertiary/aromatic N) is 1. The minimum Gasteiger partial charge on any atom is -0.379 e. The van der Waals surface area contributed by atoms with Gasteiger partial charge in [0, 0.05) is 11.4 Å². The molecule has 0 aliphatic heterocycles. The minimum absolute atomic E-state index is 0.815. The number of para-hydroxylation sites is 1. The molecule has 3 heteroatoms. The van der Waals surface area contributed by atoms with Gasteiger partial charge in [-0.05, 0) is 43.4 Å². The van der Waals surface area contributed by atoms with Crippen LogP contribution in [0.4, 0.5) is 5.69 Å². The Kier molecular flexibility index (Phi) is 2.82. The molecular weight excluding hydrogens is 210 g/mol. The molecule has 0 saturated carbocycles. The highest BCUT2D eigenvalue weighted by molar-refractivity contribution is 5.43. The van der Waals surface area contributed by atoms with Crippen LogP contribution in [0.2, 0.25) is 0 Å². The third-order valence-electron chi connectivity index (χ3n) is 3.38. The summed E-state index contributed by atoms with van der Waals surface area (Å²) < 4.78 is 0. The van der Waals surface area contributed by atoms with Crippen molar-refractivity contribution in [3.8, 4) is 0 Å². The topological polar surface area (TPSA) is 40.7 Å². The summed E-state index contributed by atoms with van der Waals surface area (Å²) in [5.41, 5.74) is 5.13. The number of hydrogen-bond acceptors (Lipinski definition) is 2. The van der Waals surface area contributed by atoms with Crippen LogP contribution in [-0.2, 0) is 19.4 Å². The smallest absolute Gasteiger partial charge is 0.0847 e. The van der Waals surface area contributed by atoms with Crippen molar-refractivity contribution in [3.63, 3.8) is 0 Å². The Labute approximate surface area is 101 Å². The first-order valence-electron chi connectivity index (χ1n) is 6.27. The van der Waals surface area contributed by atoms with E-state index < -0.39 is 0 Å². The molecule has 1 aromatic heterocycles. The molecular formula is C14H17N3. The summed E-state index contributed by atoms with van der Waals surface area (Å²) >= 11 is 0.